The van der Waals surface area contributed by atoms with Crippen LogP contribution >= 0.6 is 0 Å². The normalized spacial score (nSPS) is 11.6. The van der Waals surface area contributed by atoms with Crippen LogP contribution in [0.25, 0.3) is 11.3 Å². The SMILES string of the molecule is COc1cc(-c2cc(N)n[nH]2)ccc1C(F)(F)F. The predicted molar refractivity (Wildman–Crippen MR) is 60.0 cm³/mol. The molecule has 2 rings (SSSR count). The summed E-state index contributed by atoms with van der Waals surface area (Å²) in [6, 6.07) is 5.11. The molecule has 1 heterocycles. The van der Waals surface area contributed by atoms with E-state index in [0.717, 1.165) is 6.07 Å². The number of methoxy groups -OCH3 is 1. The highest BCUT2D eigenvalue weighted by Gasteiger charge is 2.34. The van der Waals surface area contributed by atoms with Crippen molar-refractivity contribution < 1.29 is 17.9 Å². The number of hydrogen-bond acceptors (Lipinski definition) is 3. The number of halogens is 3. The first-order valence-electron chi connectivity index (χ1n) is 4.98. The molecule has 0 saturated carbocycles. The van der Waals surface area contributed by atoms with Crippen molar-refractivity contribution in [3.8, 4) is 17.0 Å². The van der Waals surface area contributed by atoms with E-state index in [9.17, 15) is 13.2 Å². The Hall–Kier alpha value is -2.18. The summed E-state index contributed by atoms with van der Waals surface area (Å²) in [5, 5.41) is 6.33. The highest BCUT2D eigenvalue weighted by molar-refractivity contribution is 5.65. The van der Waals surface area contributed by atoms with Gasteiger partial charge in [0.25, 0.3) is 0 Å². The van der Waals surface area contributed by atoms with Gasteiger partial charge >= 0.3 is 6.18 Å². The van der Waals surface area contributed by atoms with Gasteiger partial charge in [0.05, 0.1) is 18.4 Å². The molecule has 0 saturated heterocycles. The number of rotatable bonds is 2. The van der Waals surface area contributed by atoms with Gasteiger partial charge in [-0.3, -0.25) is 5.10 Å². The van der Waals surface area contributed by atoms with Gasteiger partial charge in [-0.15, -0.1) is 0 Å². The first-order valence-corrected chi connectivity index (χ1v) is 4.98. The maximum atomic E-state index is 12.7. The molecule has 0 aliphatic rings. The van der Waals surface area contributed by atoms with E-state index in [-0.39, 0.29) is 11.6 Å². The van der Waals surface area contributed by atoms with E-state index in [1.54, 1.807) is 0 Å². The number of hydrogen-bond donors (Lipinski definition) is 2. The number of aromatic amines is 1. The zero-order valence-corrected chi connectivity index (χ0v) is 9.38. The molecule has 0 spiro atoms. The number of H-pyrrole nitrogens is 1. The molecule has 1 aromatic carbocycles. The Bertz CT molecular complexity index is 563. The summed E-state index contributed by atoms with van der Waals surface area (Å²) in [4.78, 5) is 0. The third kappa shape index (κ3) is 2.24. The van der Waals surface area contributed by atoms with Crippen LogP contribution in [0.5, 0.6) is 5.75 Å². The standard InChI is InChI=1S/C11H10F3N3O/c1-18-9-4-6(8-5-10(15)17-16-8)2-3-7(9)11(12,13)14/h2-5H,1H3,(H3,15,16,17). The van der Waals surface area contributed by atoms with Crippen LogP contribution in [0.1, 0.15) is 5.56 Å². The van der Waals surface area contributed by atoms with Gasteiger partial charge in [-0.05, 0) is 12.1 Å². The summed E-state index contributed by atoms with van der Waals surface area (Å²) in [6.07, 6.45) is -4.45. The smallest absolute Gasteiger partial charge is 0.419 e. The molecule has 96 valence electrons. The Balaban J connectivity index is 2.48. The summed E-state index contributed by atoms with van der Waals surface area (Å²) in [7, 11) is 1.19. The van der Waals surface area contributed by atoms with Crippen molar-refractivity contribution >= 4 is 5.82 Å². The number of anilines is 1. The van der Waals surface area contributed by atoms with Crippen molar-refractivity contribution in [1.82, 2.24) is 10.2 Å². The number of nitrogens with two attached hydrogens (primary N) is 1. The summed E-state index contributed by atoms with van der Waals surface area (Å²) < 4.78 is 42.7. The highest BCUT2D eigenvalue weighted by atomic mass is 19.4. The minimum absolute atomic E-state index is 0.242. The lowest BCUT2D eigenvalue weighted by Gasteiger charge is -2.12. The second-order valence-electron chi connectivity index (χ2n) is 3.62. The van der Waals surface area contributed by atoms with E-state index in [2.05, 4.69) is 10.2 Å². The van der Waals surface area contributed by atoms with Crippen LogP contribution < -0.4 is 10.5 Å². The molecule has 0 fully saturated rings. The molecule has 0 radical (unpaired) electrons. The molecule has 2 aromatic rings. The zero-order valence-electron chi connectivity index (χ0n) is 9.38. The fourth-order valence-corrected chi connectivity index (χ4v) is 1.58. The topological polar surface area (TPSA) is 63.9 Å². The molecule has 0 aliphatic carbocycles. The molecule has 3 N–H and O–H groups in total. The number of alkyl halides is 3. The summed E-state index contributed by atoms with van der Waals surface area (Å²) in [6.45, 7) is 0. The van der Waals surface area contributed by atoms with Crippen LogP contribution in [0.15, 0.2) is 24.3 Å². The lowest BCUT2D eigenvalue weighted by Crippen LogP contribution is -2.07. The number of aromatic nitrogens is 2. The van der Waals surface area contributed by atoms with Crippen LogP contribution in [-0.2, 0) is 6.18 Å². The molecular weight excluding hydrogens is 247 g/mol. The van der Waals surface area contributed by atoms with Gasteiger partial charge in [0, 0.05) is 11.6 Å². The van der Waals surface area contributed by atoms with Gasteiger partial charge in [-0.2, -0.15) is 18.3 Å². The molecule has 1 aromatic heterocycles. The van der Waals surface area contributed by atoms with Crippen molar-refractivity contribution in [3.05, 3.63) is 29.8 Å². The zero-order chi connectivity index (χ0) is 13.3. The number of nitrogens with one attached hydrogen (secondary N) is 1. The molecule has 0 amide bonds. The summed E-state index contributed by atoms with van der Waals surface area (Å²) >= 11 is 0. The van der Waals surface area contributed by atoms with E-state index < -0.39 is 11.7 Å². The maximum Gasteiger partial charge on any atom is 0.419 e. The lowest BCUT2D eigenvalue weighted by atomic mass is 10.1. The van der Waals surface area contributed by atoms with Crippen LogP contribution in [-0.4, -0.2) is 17.3 Å². The molecule has 4 nitrogen and oxygen atoms in total. The first-order chi connectivity index (χ1) is 8.41. The number of nitrogen functional groups attached to an aromatic ring is 1. The van der Waals surface area contributed by atoms with Crippen molar-refractivity contribution in [1.29, 1.82) is 0 Å². The Morgan fingerprint density at radius 3 is 2.50 bits per heavy atom. The van der Waals surface area contributed by atoms with Gasteiger partial charge in [-0.25, -0.2) is 0 Å². The van der Waals surface area contributed by atoms with E-state index in [1.807, 2.05) is 0 Å². The Kier molecular flexibility index (Phi) is 2.90. The average molecular weight is 257 g/mol. The maximum absolute atomic E-state index is 12.7. The average Bonchev–Trinajstić information content (AvgIpc) is 2.74. The molecular formula is C11H10F3N3O. The predicted octanol–water partition coefficient (Wildman–Crippen LogP) is 2.69. The highest BCUT2D eigenvalue weighted by Crippen LogP contribution is 2.38. The largest absolute Gasteiger partial charge is 0.496 e. The van der Waals surface area contributed by atoms with E-state index in [1.165, 1.54) is 25.3 Å². The quantitative estimate of drug-likeness (QED) is 0.869. The minimum atomic E-state index is -4.45. The van der Waals surface area contributed by atoms with Gasteiger partial charge in [0.1, 0.15) is 11.6 Å². The van der Waals surface area contributed by atoms with Crippen LogP contribution in [0, 0.1) is 0 Å². The van der Waals surface area contributed by atoms with E-state index >= 15 is 0 Å². The van der Waals surface area contributed by atoms with Gasteiger partial charge in [0.2, 0.25) is 0 Å². The molecule has 18 heavy (non-hydrogen) atoms. The fraction of sp³-hybridized carbons (Fsp3) is 0.182. The number of benzene rings is 1. The number of ether oxygens (including phenoxy) is 1. The lowest BCUT2D eigenvalue weighted by molar-refractivity contribution is -0.138. The van der Waals surface area contributed by atoms with Gasteiger partial charge in [0.15, 0.2) is 0 Å². The summed E-state index contributed by atoms with van der Waals surface area (Å²) in [5.41, 5.74) is 5.66. The fourth-order valence-electron chi connectivity index (χ4n) is 1.58. The molecule has 0 aliphatic heterocycles. The Morgan fingerprint density at radius 2 is 2.00 bits per heavy atom. The monoisotopic (exact) mass is 257 g/mol. The molecule has 7 heteroatoms. The molecule has 0 atom stereocenters. The third-order valence-electron chi connectivity index (χ3n) is 2.42. The van der Waals surface area contributed by atoms with Crippen molar-refractivity contribution in [2.75, 3.05) is 12.8 Å². The second-order valence-corrected chi connectivity index (χ2v) is 3.62. The minimum Gasteiger partial charge on any atom is -0.496 e. The molecule has 0 unspecified atom stereocenters. The Morgan fingerprint density at radius 1 is 1.28 bits per heavy atom. The first kappa shape index (κ1) is 12.3. The summed E-state index contributed by atoms with van der Waals surface area (Å²) in [5.74, 6) is 0.0250. The molecule has 0 bridgehead atoms. The van der Waals surface area contributed by atoms with Crippen LogP contribution in [0.3, 0.4) is 0 Å². The van der Waals surface area contributed by atoms with Gasteiger partial charge < -0.3 is 10.5 Å². The number of nitrogens with zero attached hydrogens (tertiary/aromatic N) is 1. The van der Waals surface area contributed by atoms with Crippen LogP contribution in [0.4, 0.5) is 19.0 Å². The van der Waals surface area contributed by atoms with Gasteiger partial charge in [-0.1, -0.05) is 6.07 Å². The third-order valence-corrected chi connectivity index (χ3v) is 2.42. The van der Waals surface area contributed by atoms with Crippen LogP contribution in [0.2, 0.25) is 0 Å². The van der Waals surface area contributed by atoms with Crippen molar-refractivity contribution in [2.24, 2.45) is 0 Å². The Labute approximate surface area is 101 Å². The van der Waals surface area contributed by atoms with E-state index in [0.29, 0.717) is 11.3 Å². The second kappa shape index (κ2) is 4.25. The van der Waals surface area contributed by atoms with Crippen molar-refractivity contribution in [2.45, 2.75) is 6.18 Å². The van der Waals surface area contributed by atoms with E-state index in [4.69, 9.17) is 10.5 Å². The van der Waals surface area contributed by atoms with Crippen molar-refractivity contribution in [3.63, 3.8) is 0 Å².